The zero-order chi connectivity index (χ0) is 23.3. The fraction of sp³-hybridized carbons (Fsp3) is 0.263. The number of benzene rings is 2. The van der Waals surface area contributed by atoms with Crippen molar-refractivity contribution in [2.24, 2.45) is 0 Å². The molecule has 0 aliphatic carbocycles. The summed E-state index contributed by atoms with van der Waals surface area (Å²) < 4.78 is 5.52. The maximum absolute atomic E-state index is 12.4. The lowest BCUT2D eigenvalue weighted by Gasteiger charge is -2.10. The van der Waals surface area contributed by atoms with Gasteiger partial charge in [0, 0.05) is 35.6 Å². The molecule has 1 fully saturated rings. The zero-order valence-electron chi connectivity index (χ0n) is 16.4. The molecule has 1 aliphatic rings. The number of hydrazine groups is 1. The van der Waals surface area contributed by atoms with Gasteiger partial charge in [-0.1, -0.05) is 11.6 Å². The number of nitro groups is 2. The van der Waals surface area contributed by atoms with E-state index < -0.39 is 27.3 Å². The van der Waals surface area contributed by atoms with E-state index in [-0.39, 0.29) is 27.9 Å². The second kappa shape index (κ2) is 10.4. The molecule has 1 aliphatic heterocycles. The van der Waals surface area contributed by atoms with Gasteiger partial charge in [-0.05, 0) is 37.1 Å². The molecule has 3 rings (SSSR count). The molecule has 11 nitrogen and oxygen atoms in total. The number of nitrogens with one attached hydrogen (secondary N) is 2. The number of nitro benzene ring substituents is 2. The number of carbonyl (C=O) groups excluding carboxylic acids is 2. The van der Waals surface area contributed by atoms with Crippen molar-refractivity contribution in [3.63, 3.8) is 0 Å². The van der Waals surface area contributed by atoms with E-state index in [1.165, 1.54) is 36.0 Å². The van der Waals surface area contributed by atoms with E-state index >= 15 is 0 Å². The summed E-state index contributed by atoms with van der Waals surface area (Å²) >= 11 is 6.99. The van der Waals surface area contributed by atoms with Gasteiger partial charge >= 0.3 is 0 Å². The van der Waals surface area contributed by atoms with Crippen LogP contribution in [0.3, 0.4) is 0 Å². The summed E-state index contributed by atoms with van der Waals surface area (Å²) in [5, 5.41) is 22.3. The van der Waals surface area contributed by atoms with Gasteiger partial charge in [-0.25, -0.2) is 0 Å². The van der Waals surface area contributed by atoms with Crippen molar-refractivity contribution >= 4 is 46.6 Å². The Morgan fingerprint density at radius 1 is 1.03 bits per heavy atom. The van der Waals surface area contributed by atoms with Crippen LogP contribution >= 0.6 is 23.4 Å². The summed E-state index contributed by atoms with van der Waals surface area (Å²) in [6.45, 7) is 0.682. The zero-order valence-corrected chi connectivity index (χ0v) is 18.0. The van der Waals surface area contributed by atoms with Gasteiger partial charge in [-0.2, -0.15) is 0 Å². The molecule has 2 amide bonds. The number of ether oxygens (including phenoxy) is 1. The van der Waals surface area contributed by atoms with Gasteiger partial charge in [-0.3, -0.25) is 40.7 Å². The molecule has 2 aromatic carbocycles. The van der Waals surface area contributed by atoms with Crippen molar-refractivity contribution in [3.05, 3.63) is 72.8 Å². The molecule has 0 bridgehead atoms. The van der Waals surface area contributed by atoms with Crippen LogP contribution in [0.25, 0.3) is 0 Å². The molecule has 168 valence electrons. The van der Waals surface area contributed by atoms with Crippen molar-refractivity contribution in [3.8, 4) is 0 Å². The summed E-state index contributed by atoms with van der Waals surface area (Å²) in [5.41, 5.74) is 3.40. The highest BCUT2D eigenvalue weighted by Crippen LogP contribution is 2.32. The molecule has 0 radical (unpaired) electrons. The molecule has 1 saturated heterocycles. The van der Waals surface area contributed by atoms with Crippen molar-refractivity contribution in [2.75, 3.05) is 12.4 Å². The molecule has 1 heterocycles. The molecule has 1 atom stereocenters. The lowest BCUT2D eigenvalue weighted by Crippen LogP contribution is -2.41. The minimum Gasteiger partial charge on any atom is -0.377 e. The highest BCUT2D eigenvalue weighted by molar-refractivity contribution is 7.99. The molecule has 0 saturated carbocycles. The van der Waals surface area contributed by atoms with E-state index in [4.69, 9.17) is 16.3 Å². The van der Waals surface area contributed by atoms with Gasteiger partial charge in [0.05, 0.1) is 20.8 Å². The number of hydrogen-bond donors (Lipinski definition) is 2. The Bertz CT molecular complexity index is 1080. The number of rotatable bonds is 7. The summed E-state index contributed by atoms with van der Waals surface area (Å²) in [6, 6.07) is 7.40. The van der Waals surface area contributed by atoms with E-state index in [1.54, 1.807) is 0 Å². The maximum atomic E-state index is 12.4. The number of halogens is 1. The monoisotopic (exact) mass is 480 g/mol. The quantitative estimate of drug-likeness (QED) is 0.346. The lowest BCUT2D eigenvalue weighted by molar-refractivity contribution is -0.387. The van der Waals surface area contributed by atoms with Crippen LogP contribution < -0.4 is 10.9 Å². The second-order valence-corrected chi connectivity index (χ2v) is 8.19. The van der Waals surface area contributed by atoms with Gasteiger partial charge in [0.2, 0.25) is 0 Å². The first-order chi connectivity index (χ1) is 15.3. The van der Waals surface area contributed by atoms with Gasteiger partial charge in [-0.15, -0.1) is 11.8 Å². The van der Waals surface area contributed by atoms with Crippen LogP contribution in [-0.2, 0) is 4.74 Å². The van der Waals surface area contributed by atoms with E-state index in [2.05, 4.69) is 10.9 Å². The number of thioether (sulfide) groups is 1. The Kier molecular flexibility index (Phi) is 7.62. The summed E-state index contributed by atoms with van der Waals surface area (Å²) in [6.07, 6.45) is 1.90. The van der Waals surface area contributed by atoms with E-state index in [0.29, 0.717) is 17.3 Å². The van der Waals surface area contributed by atoms with Crippen molar-refractivity contribution < 1.29 is 24.2 Å². The largest absolute Gasteiger partial charge is 0.377 e. The van der Waals surface area contributed by atoms with Crippen LogP contribution in [0.5, 0.6) is 0 Å². The minimum atomic E-state index is -0.823. The molecule has 0 unspecified atom stereocenters. The summed E-state index contributed by atoms with van der Waals surface area (Å²) in [4.78, 5) is 46.0. The van der Waals surface area contributed by atoms with Crippen LogP contribution in [0, 0.1) is 20.2 Å². The predicted octanol–water partition coefficient (Wildman–Crippen LogP) is 3.50. The molecular weight excluding hydrogens is 464 g/mol. The van der Waals surface area contributed by atoms with Crippen molar-refractivity contribution in [2.45, 2.75) is 23.8 Å². The van der Waals surface area contributed by atoms with Crippen LogP contribution in [0.4, 0.5) is 11.4 Å². The smallest absolute Gasteiger partial charge is 0.288 e. The molecule has 0 spiro atoms. The van der Waals surface area contributed by atoms with Crippen LogP contribution in [0.2, 0.25) is 5.02 Å². The van der Waals surface area contributed by atoms with Crippen molar-refractivity contribution in [1.29, 1.82) is 0 Å². The van der Waals surface area contributed by atoms with Crippen LogP contribution in [0.15, 0.2) is 41.3 Å². The Labute approximate surface area is 190 Å². The van der Waals surface area contributed by atoms with E-state index in [0.717, 1.165) is 25.0 Å². The van der Waals surface area contributed by atoms with Gasteiger partial charge < -0.3 is 4.74 Å². The molecule has 2 N–H and O–H groups in total. The van der Waals surface area contributed by atoms with Gasteiger partial charge in [0.1, 0.15) is 5.02 Å². The predicted molar refractivity (Wildman–Crippen MR) is 116 cm³/mol. The number of carbonyl (C=O) groups is 2. The second-order valence-electron chi connectivity index (χ2n) is 6.72. The number of nitrogens with zero attached hydrogens (tertiary/aromatic N) is 2. The Hall–Kier alpha value is -3.22. The molecule has 13 heteroatoms. The average molecular weight is 481 g/mol. The Balaban J connectivity index is 1.66. The molecule has 2 aromatic rings. The lowest BCUT2D eigenvalue weighted by atomic mass is 10.2. The van der Waals surface area contributed by atoms with Crippen LogP contribution in [0.1, 0.15) is 33.6 Å². The first-order valence-electron chi connectivity index (χ1n) is 9.33. The van der Waals surface area contributed by atoms with Gasteiger partial charge in [0.25, 0.3) is 23.2 Å². The first kappa shape index (κ1) is 23.4. The standard InChI is InChI=1S/C19H17ClN4O7S/c20-14-5-3-11(8-15(14)23(27)28)18(25)21-22-19(26)12-4-6-17(16(9-12)24(29)30)32-10-13-2-1-7-31-13/h3-6,8-9,13H,1-2,7,10H2,(H,21,25)(H,22,26)/t13-/m0/s1. The third-order valence-corrected chi connectivity index (χ3v) is 6.08. The fourth-order valence-corrected chi connectivity index (χ4v) is 4.19. The fourth-order valence-electron chi connectivity index (χ4n) is 2.93. The topological polar surface area (TPSA) is 154 Å². The van der Waals surface area contributed by atoms with Crippen molar-refractivity contribution in [1.82, 2.24) is 10.9 Å². The van der Waals surface area contributed by atoms with E-state index in [1.807, 2.05) is 0 Å². The first-order valence-corrected chi connectivity index (χ1v) is 10.7. The molecule has 0 aromatic heterocycles. The molecule has 32 heavy (non-hydrogen) atoms. The SMILES string of the molecule is O=C(NNC(=O)c1ccc(SC[C@@H]2CCCO2)c([N+](=O)[O-])c1)c1ccc(Cl)c([N+](=O)[O-])c1. The number of hydrogen-bond acceptors (Lipinski definition) is 8. The Morgan fingerprint density at radius 2 is 1.62 bits per heavy atom. The summed E-state index contributed by atoms with van der Waals surface area (Å²) in [5.74, 6) is -1.05. The average Bonchev–Trinajstić information content (AvgIpc) is 3.29. The minimum absolute atomic E-state index is 0.0412. The normalized spacial score (nSPS) is 15.2. The number of amides is 2. The summed E-state index contributed by atoms with van der Waals surface area (Å²) in [7, 11) is 0. The third-order valence-electron chi connectivity index (χ3n) is 4.56. The van der Waals surface area contributed by atoms with Crippen LogP contribution in [-0.4, -0.2) is 40.1 Å². The van der Waals surface area contributed by atoms with E-state index in [9.17, 15) is 29.8 Å². The highest BCUT2D eigenvalue weighted by Gasteiger charge is 2.22. The molecular formula is C19H17ClN4O7S. The third kappa shape index (κ3) is 5.72. The Morgan fingerprint density at radius 3 is 2.19 bits per heavy atom. The highest BCUT2D eigenvalue weighted by atomic mass is 35.5. The van der Waals surface area contributed by atoms with Gasteiger partial charge in [0.15, 0.2) is 0 Å². The maximum Gasteiger partial charge on any atom is 0.288 e.